The lowest BCUT2D eigenvalue weighted by Gasteiger charge is -2.11. The van der Waals surface area contributed by atoms with Crippen molar-refractivity contribution in [3.05, 3.63) is 53.3 Å². The quantitative estimate of drug-likeness (QED) is 0.853. The number of amides is 2. The van der Waals surface area contributed by atoms with Crippen LogP contribution in [0.4, 0.5) is 5.69 Å². The number of rotatable bonds is 5. The molecule has 0 bridgehead atoms. The maximum atomic E-state index is 11.8. The highest BCUT2D eigenvalue weighted by Gasteiger charge is 2.09. The molecule has 0 aliphatic heterocycles. The summed E-state index contributed by atoms with van der Waals surface area (Å²) in [6.45, 7) is -0.191. The predicted octanol–water partition coefficient (Wildman–Crippen LogP) is 2.45. The summed E-state index contributed by atoms with van der Waals surface area (Å²) in [7, 11) is 3.36. The average molecular weight is 334 g/mol. The van der Waals surface area contributed by atoms with Crippen molar-refractivity contribution in [2.45, 2.75) is 0 Å². The highest BCUT2D eigenvalue weighted by molar-refractivity contribution is 6.30. The van der Waals surface area contributed by atoms with E-state index >= 15 is 0 Å². The standard InChI is InChI=1S/C16H16ClN3O3/c1-20(2)16(22)11-5-7-12(8-6-11)19-14(21)10-23-13-4-3-9-18-15(13)17/h3-9H,10H2,1-2H3,(H,19,21). The van der Waals surface area contributed by atoms with Crippen LogP contribution in [0.2, 0.25) is 5.15 Å². The summed E-state index contributed by atoms with van der Waals surface area (Å²) in [5.41, 5.74) is 1.12. The van der Waals surface area contributed by atoms with Gasteiger partial charge in [0.05, 0.1) is 0 Å². The van der Waals surface area contributed by atoms with Gasteiger partial charge >= 0.3 is 0 Å². The summed E-state index contributed by atoms with van der Waals surface area (Å²) in [6.07, 6.45) is 1.53. The number of nitrogens with zero attached hydrogens (tertiary/aromatic N) is 2. The van der Waals surface area contributed by atoms with Gasteiger partial charge in [-0.05, 0) is 36.4 Å². The van der Waals surface area contributed by atoms with Gasteiger partial charge in [-0.15, -0.1) is 0 Å². The number of anilines is 1. The van der Waals surface area contributed by atoms with E-state index in [1.165, 1.54) is 11.1 Å². The molecular weight excluding hydrogens is 318 g/mol. The zero-order valence-electron chi connectivity index (χ0n) is 12.7. The molecule has 7 heteroatoms. The van der Waals surface area contributed by atoms with Crippen LogP contribution in [-0.4, -0.2) is 42.4 Å². The van der Waals surface area contributed by atoms with Crippen molar-refractivity contribution < 1.29 is 14.3 Å². The summed E-state index contributed by atoms with van der Waals surface area (Å²) in [4.78, 5) is 29.0. The number of pyridine rings is 1. The van der Waals surface area contributed by atoms with Crippen LogP contribution in [0.15, 0.2) is 42.6 Å². The number of nitrogens with one attached hydrogen (secondary N) is 1. The molecule has 6 nitrogen and oxygen atoms in total. The number of ether oxygens (including phenoxy) is 1. The van der Waals surface area contributed by atoms with Gasteiger partial charge in [-0.2, -0.15) is 0 Å². The highest BCUT2D eigenvalue weighted by atomic mass is 35.5. The largest absolute Gasteiger partial charge is 0.481 e. The molecule has 0 saturated heterocycles. The lowest BCUT2D eigenvalue weighted by molar-refractivity contribution is -0.118. The SMILES string of the molecule is CN(C)C(=O)c1ccc(NC(=O)COc2cccnc2Cl)cc1. The Kier molecular flexibility index (Phi) is 5.54. The number of aromatic nitrogens is 1. The van der Waals surface area contributed by atoms with E-state index in [4.69, 9.17) is 16.3 Å². The minimum Gasteiger partial charge on any atom is -0.481 e. The van der Waals surface area contributed by atoms with Crippen LogP contribution < -0.4 is 10.1 Å². The number of hydrogen-bond acceptors (Lipinski definition) is 4. The number of hydrogen-bond donors (Lipinski definition) is 1. The first kappa shape index (κ1) is 16.8. The maximum Gasteiger partial charge on any atom is 0.262 e. The first-order chi connectivity index (χ1) is 11.0. The molecule has 0 unspecified atom stereocenters. The molecule has 0 spiro atoms. The molecule has 2 aromatic rings. The van der Waals surface area contributed by atoms with E-state index in [1.807, 2.05) is 0 Å². The fourth-order valence-electron chi connectivity index (χ4n) is 1.77. The molecule has 1 aromatic heterocycles. The van der Waals surface area contributed by atoms with E-state index in [0.29, 0.717) is 17.0 Å². The summed E-state index contributed by atoms with van der Waals surface area (Å²) in [5, 5.41) is 2.88. The first-order valence-electron chi connectivity index (χ1n) is 6.82. The van der Waals surface area contributed by atoms with Crippen molar-refractivity contribution in [2.75, 3.05) is 26.0 Å². The molecule has 0 aliphatic rings. The van der Waals surface area contributed by atoms with E-state index in [1.54, 1.807) is 50.5 Å². The van der Waals surface area contributed by atoms with E-state index in [-0.39, 0.29) is 23.6 Å². The van der Waals surface area contributed by atoms with Crippen molar-refractivity contribution in [3.8, 4) is 5.75 Å². The summed E-state index contributed by atoms with van der Waals surface area (Å²) >= 11 is 5.84. The third-order valence-electron chi connectivity index (χ3n) is 2.91. The van der Waals surface area contributed by atoms with Crippen LogP contribution in [0.3, 0.4) is 0 Å². The zero-order chi connectivity index (χ0) is 16.8. The van der Waals surface area contributed by atoms with Crippen LogP contribution in [-0.2, 0) is 4.79 Å². The molecule has 120 valence electrons. The molecule has 0 radical (unpaired) electrons. The Balaban J connectivity index is 1.90. The van der Waals surface area contributed by atoms with Crippen molar-refractivity contribution in [2.24, 2.45) is 0 Å². The van der Waals surface area contributed by atoms with Gasteiger partial charge < -0.3 is 15.0 Å². The minimum atomic E-state index is -0.336. The minimum absolute atomic E-state index is 0.0996. The van der Waals surface area contributed by atoms with Gasteiger partial charge in [0.25, 0.3) is 11.8 Å². The second kappa shape index (κ2) is 7.60. The van der Waals surface area contributed by atoms with Crippen molar-refractivity contribution >= 4 is 29.1 Å². The van der Waals surface area contributed by atoms with Gasteiger partial charge in [-0.1, -0.05) is 11.6 Å². The van der Waals surface area contributed by atoms with Crippen LogP contribution in [0, 0.1) is 0 Å². The first-order valence-corrected chi connectivity index (χ1v) is 7.20. The molecule has 0 saturated carbocycles. The van der Waals surface area contributed by atoms with Gasteiger partial charge in [0.1, 0.15) is 0 Å². The van der Waals surface area contributed by atoms with E-state index in [9.17, 15) is 9.59 Å². The third kappa shape index (κ3) is 4.69. The summed E-state index contributed by atoms with van der Waals surface area (Å²) < 4.78 is 5.30. The fourth-order valence-corrected chi connectivity index (χ4v) is 1.95. The molecular formula is C16H16ClN3O3. The molecule has 0 atom stereocenters. The highest BCUT2D eigenvalue weighted by Crippen LogP contribution is 2.20. The Morgan fingerprint density at radius 3 is 2.52 bits per heavy atom. The van der Waals surface area contributed by atoms with Crippen LogP contribution in [0.5, 0.6) is 5.75 Å². The lowest BCUT2D eigenvalue weighted by Crippen LogP contribution is -2.22. The van der Waals surface area contributed by atoms with Crippen LogP contribution in [0.25, 0.3) is 0 Å². The Morgan fingerprint density at radius 2 is 1.91 bits per heavy atom. The Labute approximate surface area is 139 Å². The van der Waals surface area contributed by atoms with Crippen LogP contribution >= 0.6 is 11.6 Å². The Hall–Kier alpha value is -2.60. The van der Waals surface area contributed by atoms with Crippen molar-refractivity contribution in [1.29, 1.82) is 0 Å². The van der Waals surface area contributed by atoms with Crippen molar-refractivity contribution in [3.63, 3.8) is 0 Å². The van der Waals surface area contributed by atoms with Gasteiger partial charge in [-0.25, -0.2) is 4.98 Å². The summed E-state index contributed by atoms with van der Waals surface area (Å²) in [5.74, 6) is -0.0923. The number of carbonyl (C=O) groups excluding carboxylic acids is 2. The summed E-state index contributed by atoms with van der Waals surface area (Å²) in [6, 6.07) is 9.91. The predicted molar refractivity (Wildman–Crippen MR) is 87.8 cm³/mol. The topological polar surface area (TPSA) is 71.5 Å². The molecule has 1 aromatic carbocycles. The van der Waals surface area contributed by atoms with Gasteiger partial charge in [0.15, 0.2) is 17.5 Å². The molecule has 0 aliphatic carbocycles. The van der Waals surface area contributed by atoms with Gasteiger partial charge in [0.2, 0.25) is 0 Å². The second-order valence-electron chi connectivity index (χ2n) is 4.91. The molecule has 0 fully saturated rings. The number of halogens is 1. The number of benzene rings is 1. The average Bonchev–Trinajstić information content (AvgIpc) is 2.54. The number of carbonyl (C=O) groups is 2. The molecule has 2 rings (SSSR count). The molecule has 1 heterocycles. The van der Waals surface area contributed by atoms with Gasteiger partial charge in [0, 0.05) is 31.5 Å². The molecule has 1 N–H and O–H groups in total. The van der Waals surface area contributed by atoms with Crippen LogP contribution in [0.1, 0.15) is 10.4 Å². The maximum absolute atomic E-state index is 11.8. The fraction of sp³-hybridized carbons (Fsp3) is 0.188. The zero-order valence-corrected chi connectivity index (χ0v) is 13.5. The normalized spacial score (nSPS) is 10.0. The smallest absolute Gasteiger partial charge is 0.262 e. The second-order valence-corrected chi connectivity index (χ2v) is 5.26. The third-order valence-corrected chi connectivity index (χ3v) is 3.19. The van der Waals surface area contributed by atoms with E-state index in [0.717, 1.165) is 0 Å². The van der Waals surface area contributed by atoms with Crippen molar-refractivity contribution in [1.82, 2.24) is 9.88 Å². The van der Waals surface area contributed by atoms with E-state index in [2.05, 4.69) is 10.3 Å². The Bertz CT molecular complexity index is 702. The van der Waals surface area contributed by atoms with E-state index < -0.39 is 0 Å². The Morgan fingerprint density at radius 1 is 1.22 bits per heavy atom. The van der Waals surface area contributed by atoms with Gasteiger partial charge in [-0.3, -0.25) is 9.59 Å². The molecule has 23 heavy (non-hydrogen) atoms. The monoisotopic (exact) mass is 333 g/mol. The molecule has 2 amide bonds. The lowest BCUT2D eigenvalue weighted by atomic mass is 10.2.